The fourth-order valence-electron chi connectivity index (χ4n) is 4.39. The van der Waals surface area contributed by atoms with Crippen LogP contribution in [0.15, 0.2) is 0 Å². The monoisotopic (exact) mass is 778 g/mol. The highest BCUT2D eigenvalue weighted by atomic mass is 16.4. The number of carbonyl (C=O) groups is 4. The normalized spacial score (nSPS) is 9.59. The average molecular weight is 778 g/mol. The highest BCUT2D eigenvalue weighted by Gasteiger charge is 1.99. The molecule has 0 aliphatic carbocycles. The molecule has 2 N–H and O–H groups in total. The van der Waals surface area contributed by atoms with E-state index in [4.69, 9.17) is 5.11 Å². The van der Waals surface area contributed by atoms with Gasteiger partial charge >= 0.3 is 5.97 Å². The number of unbranched alkanes of at least 4 members (excludes halogenated alkanes) is 6. The zero-order chi connectivity index (χ0) is 41.0. The molecular formula is C48H107NO5. The second-order valence-electron chi connectivity index (χ2n) is 16.6. The molecule has 334 valence electrons. The van der Waals surface area contributed by atoms with Gasteiger partial charge in [-0.2, -0.15) is 0 Å². The number of hydrogen-bond acceptors (Lipinski definition) is 4. The second kappa shape index (κ2) is 60.5. The number of nitrogens with one attached hydrogen (secondary N) is 1. The maximum atomic E-state index is 10.5. The van der Waals surface area contributed by atoms with E-state index in [0.717, 1.165) is 74.5 Å². The van der Waals surface area contributed by atoms with Crippen molar-refractivity contribution < 1.29 is 24.3 Å². The van der Waals surface area contributed by atoms with Crippen LogP contribution >= 0.6 is 0 Å². The highest BCUT2D eigenvalue weighted by molar-refractivity contribution is 5.75. The number of carbonyl (C=O) groups excluding carboxylic acids is 3. The van der Waals surface area contributed by atoms with E-state index in [1.807, 2.05) is 13.8 Å². The fraction of sp³-hybridized carbons (Fsp3) is 0.917. The van der Waals surface area contributed by atoms with Crippen LogP contribution in [0.1, 0.15) is 249 Å². The van der Waals surface area contributed by atoms with E-state index in [0.29, 0.717) is 5.78 Å². The van der Waals surface area contributed by atoms with Crippen molar-refractivity contribution in [1.29, 1.82) is 0 Å². The van der Waals surface area contributed by atoms with E-state index in [1.54, 1.807) is 13.8 Å². The van der Waals surface area contributed by atoms with Crippen LogP contribution in [0.3, 0.4) is 0 Å². The van der Waals surface area contributed by atoms with Gasteiger partial charge < -0.3 is 20.0 Å². The number of Topliss-reactive ketones (excluding diaryl/α,β-unsaturated/α-hetero) is 1. The summed E-state index contributed by atoms with van der Waals surface area (Å²) in [6.45, 7) is 34.6. The van der Waals surface area contributed by atoms with Gasteiger partial charge in [0.25, 0.3) is 0 Å². The molecule has 0 saturated heterocycles. The summed E-state index contributed by atoms with van der Waals surface area (Å²) in [4.78, 5) is 40.5. The van der Waals surface area contributed by atoms with Crippen LogP contribution in [0, 0.1) is 35.5 Å². The number of aldehydes is 1. The molecule has 0 heterocycles. The van der Waals surface area contributed by atoms with Gasteiger partial charge in [-0.05, 0) is 61.7 Å². The molecule has 0 aromatic carbocycles. The first-order valence-electron chi connectivity index (χ1n) is 21.1. The number of ketones is 1. The van der Waals surface area contributed by atoms with Gasteiger partial charge in [-0.25, -0.2) is 0 Å². The first-order valence-corrected chi connectivity index (χ1v) is 21.1. The van der Waals surface area contributed by atoms with Gasteiger partial charge in [-0.15, -0.1) is 0 Å². The smallest absolute Gasteiger partial charge is 0.303 e. The van der Waals surface area contributed by atoms with Crippen molar-refractivity contribution in [3.05, 3.63) is 0 Å². The molecular weight excluding hydrogens is 671 g/mol. The highest BCUT2D eigenvalue weighted by Crippen LogP contribution is 2.09. The van der Waals surface area contributed by atoms with E-state index >= 15 is 0 Å². The van der Waals surface area contributed by atoms with E-state index in [2.05, 4.69) is 88.4 Å². The van der Waals surface area contributed by atoms with Crippen molar-refractivity contribution in [2.75, 3.05) is 6.54 Å². The number of carboxylic acid groups (broad SMARTS) is 1. The van der Waals surface area contributed by atoms with Crippen LogP contribution in [0.25, 0.3) is 0 Å². The molecule has 6 nitrogen and oxygen atoms in total. The summed E-state index contributed by atoms with van der Waals surface area (Å²) in [6, 6.07) is 0. The van der Waals surface area contributed by atoms with E-state index in [1.165, 1.54) is 77.0 Å². The van der Waals surface area contributed by atoms with Gasteiger partial charge in [-0.1, -0.05) is 196 Å². The van der Waals surface area contributed by atoms with E-state index in [-0.39, 0.29) is 40.5 Å². The Hall–Kier alpha value is -1.72. The Labute approximate surface area is 343 Å². The largest absolute Gasteiger partial charge is 0.481 e. The van der Waals surface area contributed by atoms with Crippen molar-refractivity contribution in [3.63, 3.8) is 0 Å². The zero-order valence-corrected chi connectivity index (χ0v) is 37.6. The minimum Gasteiger partial charge on any atom is -0.481 e. The molecule has 0 bridgehead atoms. The molecule has 0 aliphatic heterocycles. The van der Waals surface area contributed by atoms with Crippen molar-refractivity contribution in [1.82, 2.24) is 5.32 Å². The fourth-order valence-corrected chi connectivity index (χ4v) is 4.39. The van der Waals surface area contributed by atoms with Crippen molar-refractivity contribution >= 4 is 23.9 Å². The molecule has 0 atom stereocenters. The molecule has 0 radical (unpaired) electrons. The van der Waals surface area contributed by atoms with Gasteiger partial charge in [0.1, 0.15) is 12.1 Å². The third kappa shape index (κ3) is 125. The van der Waals surface area contributed by atoms with E-state index < -0.39 is 5.97 Å². The van der Waals surface area contributed by atoms with Gasteiger partial charge in [0, 0.05) is 32.7 Å². The molecule has 0 fully saturated rings. The minimum absolute atomic E-state index is 0. The molecule has 0 unspecified atom stereocenters. The van der Waals surface area contributed by atoms with Gasteiger partial charge in [-0.3, -0.25) is 9.59 Å². The first kappa shape index (κ1) is 73.4. The summed E-state index contributed by atoms with van der Waals surface area (Å²) in [5, 5.41) is 10.9. The Bertz CT molecular complexity index is 699. The van der Waals surface area contributed by atoms with Crippen LogP contribution in [-0.4, -0.2) is 35.6 Å². The maximum absolute atomic E-state index is 10.5. The topological polar surface area (TPSA) is 101 Å². The molecule has 0 aromatic heterocycles. The minimum atomic E-state index is -0.713. The summed E-state index contributed by atoms with van der Waals surface area (Å²) in [7, 11) is 0. The predicted molar refractivity (Wildman–Crippen MR) is 247 cm³/mol. The Balaban J connectivity index is -0.0000000644. The number of aliphatic carboxylic acids is 1. The Morgan fingerprint density at radius 3 is 1.17 bits per heavy atom. The van der Waals surface area contributed by atoms with Gasteiger partial charge in [0.15, 0.2) is 0 Å². The lowest BCUT2D eigenvalue weighted by Gasteiger charge is -2.04. The lowest BCUT2D eigenvalue weighted by atomic mass is 10.1. The van der Waals surface area contributed by atoms with Crippen LogP contribution in [0.4, 0.5) is 0 Å². The Kier molecular flexibility index (Phi) is 82.3. The van der Waals surface area contributed by atoms with Crippen LogP contribution in [0.5, 0.6) is 0 Å². The van der Waals surface area contributed by atoms with Crippen LogP contribution in [-0.2, 0) is 19.2 Å². The van der Waals surface area contributed by atoms with Crippen molar-refractivity contribution in [2.45, 2.75) is 249 Å². The number of rotatable bonds is 23. The zero-order valence-electron chi connectivity index (χ0n) is 37.6. The third-order valence-electron chi connectivity index (χ3n) is 7.33. The van der Waals surface area contributed by atoms with Crippen LogP contribution in [0.2, 0.25) is 0 Å². The molecule has 0 rings (SSSR count). The Morgan fingerprint density at radius 1 is 0.519 bits per heavy atom. The molecule has 0 saturated carbocycles. The van der Waals surface area contributed by atoms with Crippen molar-refractivity contribution in [3.8, 4) is 0 Å². The molecule has 54 heavy (non-hydrogen) atoms. The van der Waals surface area contributed by atoms with Crippen molar-refractivity contribution in [2.24, 2.45) is 35.5 Å². The summed E-state index contributed by atoms with van der Waals surface area (Å²) in [5.74, 6) is 4.06. The summed E-state index contributed by atoms with van der Waals surface area (Å²) in [5.41, 5.74) is 0. The van der Waals surface area contributed by atoms with E-state index in [9.17, 15) is 19.2 Å². The first-order chi connectivity index (χ1) is 23.7. The molecule has 0 spiro atoms. The van der Waals surface area contributed by atoms with Gasteiger partial charge in [0.2, 0.25) is 5.91 Å². The SMILES string of the molecule is C.C.C.CC(=O)CCCC(C)C.CC(=O)NCCCCCC(C)C.CC(C)CC(=O)O.CC(C)CCCC=O.CCCC(C)C.CCCCCCC(C)C. The quantitative estimate of drug-likeness (QED) is 0.0795. The standard InChI is InChI=1S/C10H21NO.C9H20.C8H16O.C7H14O.C6H14.C5H10O2.3CH4/c1-9(2)7-5-4-6-8-11-10(3)12;1-4-5-6-7-8-9(2)3;1-7(2)5-4-6-8(3)9;1-7(2)5-3-4-6-8;1-4-5-6(2)3;1-4(2)3-5(6)7;;;/h9H,4-8H2,1-3H3,(H,11,12);9H,4-8H2,1-3H3;7H,4-6H2,1-3H3;6-7H,3-5H2,1-2H3;6H,4-5H2,1-3H3;4H,3H2,1-2H3,(H,6,7);3*1H4. The number of amides is 1. The predicted octanol–water partition coefficient (Wildman–Crippen LogP) is 15.8. The summed E-state index contributed by atoms with van der Waals surface area (Å²) >= 11 is 0. The molecule has 6 heteroatoms. The molecule has 0 aliphatic rings. The Morgan fingerprint density at radius 2 is 0.907 bits per heavy atom. The maximum Gasteiger partial charge on any atom is 0.303 e. The summed E-state index contributed by atoms with van der Waals surface area (Å²) < 4.78 is 0. The molecule has 0 aromatic rings. The lowest BCUT2D eigenvalue weighted by Crippen LogP contribution is -2.20. The molecule has 1 amide bonds. The second-order valence-corrected chi connectivity index (χ2v) is 16.6. The third-order valence-corrected chi connectivity index (χ3v) is 7.33. The number of carboxylic acids is 1. The summed E-state index contributed by atoms with van der Waals surface area (Å²) in [6.07, 6.45) is 22.0. The van der Waals surface area contributed by atoms with Crippen LogP contribution < -0.4 is 5.32 Å². The lowest BCUT2D eigenvalue weighted by molar-refractivity contribution is -0.137. The number of hydrogen-bond donors (Lipinski definition) is 2. The van der Waals surface area contributed by atoms with Gasteiger partial charge in [0.05, 0.1) is 0 Å². The average Bonchev–Trinajstić information content (AvgIpc) is 2.97.